The number of esters is 1. The van der Waals surface area contributed by atoms with E-state index in [9.17, 15) is 14.4 Å². The van der Waals surface area contributed by atoms with Gasteiger partial charge in [0, 0.05) is 21.2 Å². The number of amides is 2. The van der Waals surface area contributed by atoms with Gasteiger partial charge < -0.3 is 14.2 Å². The van der Waals surface area contributed by atoms with Crippen molar-refractivity contribution >= 4 is 58.2 Å². The summed E-state index contributed by atoms with van der Waals surface area (Å²) >= 11 is 12.9. The molecule has 1 aliphatic heterocycles. The number of hydrogen-bond donors (Lipinski definition) is 0. The van der Waals surface area contributed by atoms with Crippen LogP contribution in [-0.2, 0) is 20.9 Å². The van der Waals surface area contributed by atoms with Crippen LogP contribution in [0, 0.1) is 0 Å². The van der Waals surface area contributed by atoms with Gasteiger partial charge in [-0.15, -0.1) is 0 Å². The number of methoxy groups -OCH3 is 1. The standard InChI is InChI=1S/C22H19Cl2NO6S/c1-3-30-19(26)11-25-21(27)18(32-22(25)28)9-13-5-4-6-17(29-2)20(13)31-12-14-7-8-15(23)10-16(14)24/h4-10H,3,11-12H2,1-2H3/b18-9-. The molecule has 10 heteroatoms. The Bertz CT molecular complexity index is 1090. The van der Waals surface area contributed by atoms with Crippen molar-refractivity contribution in [2.24, 2.45) is 0 Å². The summed E-state index contributed by atoms with van der Waals surface area (Å²) in [5.74, 6) is -0.420. The number of hydrogen-bond acceptors (Lipinski definition) is 7. The number of ether oxygens (including phenoxy) is 3. The minimum atomic E-state index is -0.652. The van der Waals surface area contributed by atoms with E-state index in [1.54, 1.807) is 43.3 Å². The fraction of sp³-hybridized carbons (Fsp3) is 0.227. The predicted molar refractivity (Wildman–Crippen MR) is 123 cm³/mol. The van der Waals surface area contributed by atoms with Gasteiger partial charge in [0.1, 0.15) is 13.2 Å². The van der Waals surface area contributed by atoms with Crippen LogP contribution in [0.2, 0.25) is 10.0 Å². The molecule has 0 unspecified atom stereocenters. The van der Waals surface area contributed by atoms with Crippen LogP contribution in [0.4, 0.5) is 4.79 Å². The highest BCUT2D eigenvalue weighted by Crippen LogP contribution is 2.38. The molecule has 32 heavy (non-hydrogen) atoms. The first-order valence-electron chi connectivity index (χ1n) is 9.48. The highest BCUT2D eigenvalue weighted by molar-refractivity contribution is 8.18. The first kappa shape index (κ1) is 24.0. The van der Waals surface area contributed by atoms with Gasteiger partial charge in [0.2, 0.25) is 0 Å². The van der Waals surface area contributed by atoms with E-state index in [2.05, 4.69) is 0 Å². The van der Waals surface area contributed by atoms with Gasteiger partial charge in [-0.3, -0.25) is 19.3 Å². The van der Waals surface area contributed by atoms with Gasteiger partial charge in [-0.05, 0) is 43.0 Å². The molecule has 0 bridgehead atoms. The lowest BCUT2D eigenvalue weighted by Crippen LogP contribution is -2.34. The molecule has 1 saturated heterocycles. The number of halogens is 2. The van der Waals surface area contributed by atoms with E-state index in [-0.39, 0.29) is 18.1 Å². The molecule has 2 aromatic rings. The van der Waals surface area contributed by atoms with Crippen molar-refractivity contribution in [3.63, 3.8) is 0 Å². The molecule has 1 fully saturated rings. The molecule has 2 aromatic carbocycles. The van der Waals surface area contributed by atoms with Crippen LogP contribution in [-0.4, -0.2) is 42.3 Å². The largest absolute Gasteiger partial charge is 0.493 e. The number of carbonyl (C=O) groups is 3. The second kappa shape index (κ2) is 10.8. The topological polar surface area (TPSA) is 82.1 Å². The first-order valence-corrected chi connectivity index (χ1v) is 11.1. The molecule has 0 aromatic heterocycles. The quantitative estimate of drug-likeness (QED) is 0.368. The highest BCUT2D eigenvalue weighted by atomic mass is 35.5. The molecule has 0 aliphatic carbocycles. The van der Waals surface area contributed by atoms with E-state index in [1.807, 2.05) is 0 Å². The van der Waals surface area contributed by atoms with Gasteiger partial charge >= 0.3 is 5.97 Å². The molecular formula is C22H19Cl2NO6S. The van der Waals surface area contributed by atoms with Gasteiger partial charge in [-0.2, -0.15) is 0 Å². The lowest BCUT2D eigenvalue weighted by Gasteiger charge is -2.14. The molecule has 3 rings (SSSR count). The Kier molecular flexibility index (Phi) is 8.06. The normalized spacial score (nSPS) is 14.8. The van der Waals surface area contributed by atoms with Crippen molar-refractivity contribution in [1.29, 1.82) is 0 Å². The van der Waals surface area contributed by atoms with Gasteiger partial charge in [0.05, 0.1) is 18.6 Å². The Morgan fingerprint density at radius 2 is 1.97 bits per heavy atom. The minimum Gasteiger partial charge on any atom is -0.493 e. The Balaban J connectivity index is 1.86. The Hall–Kier alpha value is -2.68. The third-order valence-electron chi connectivity index (χ3n) is 4.37. The monoisotopic (exact) mass is 495 g/mol. The zero-order chi connectivity index (χ0) is 23.3. The van der Waals surface area contributed by atoms with Crippen molar-refractivity contribution in [2.45, 2.75) is 13.5 Å². The fourth-order valence-electron chi connectivity index (χ4n) is 2.86. The maximum atomic E-state index is 12.7. The maximum Gasteiger partial charge on any atom is 0.326 e. The summed E-state index contributed by atoms with van der Waals surface area (Å²) in [4.78, 5) is 37.6. The van der Waals surface area contributed by atoms with Crippen LogP contribution < -0.4 is 9.47 Å². The summed E-state index contributed by atoms with van der Waals surface area (Å²) < 4.78 is 16.2. The van der Waals surface area contributed by atoms with E-state index >= 15 is 0 Å². The number of rotatable bonds is 8. The molecule has 0 saturated carbocycles. The van der Waals surface area contributed by atoms with E-state index in [4.69, 9.17) is 37.4 Å². The van der Waals surface area contributed by atoms with E-state index < -0.39 is 23.7 Å². The van der Waals surface area contributed by atoms with Crippen molar-refractivity contribution < 1.29 is 28.6 Å². The van der Waals surface area contributed by atoms with Crippen molar-refractivity contribution in [2.75, 3.05) is 20.3 Å². The molecule has 1 aliphatic rings. The van der Waals surface area contributed by atoms with E-state index in [0.29, 0.717) is 32.7 Å². The average molecular weight is 496 g/mol. The lowest BCUT2D eigenvalue weighted by molar-refractivity contribution is -0.145. The summed E-state index contributed by atoms with van der Waals surface area (Å²) in [5.41, 5.74) is 1.23. The second-order valence-electron chi connectivity index (χ2n) is 6.48. The van der Waals surface area contributed by atoms with Crippen LogP contribution in [0.5, 0.6) is 11.5 Å². The van der Waals surface area contributed by atoms with Crippen molar-refractivity contribution in [3.05, 3.63) is 62.5 Å². The maximum absolute atomic E-state index is 12.7. The predicted octanol–water partition coefficient (Wildman–Crippen LogP) is 5.18. The summed E-state index contributed by atoms with van der Waals surface area (Å²) in [6.45, 7) is 1.49. The minimum absolute atomic E-state index is 0.127. The van der Waals surface area contributed by atoms with Gasteiger partial charge in [0.15, 0.2) is 11.5 Å². The SMILES string of the molecule is CCOC(=O)CN1C(=O)S/C(=C\c2cccc(OC)c2OCc2ccc(Cl)cc2Cl)C1=O. The molecule has 7 nitrogen and oxygen atoms in total. The van der Waals surface area contributed by atoms with E-state index in [0.717, 1.165) is 16.7 Å². The number of carbonyl (C=O) groups excluding carboxylic acids is 3. The van der Waals surface area contributed by atoms with Crippen molar-refractivity contribution in [3.8, 4) is 11.5 Å². The van der Waals surface area contributed by atoms with Gasteiger partial charge in [-0.1, -0.05) is 41.4 Å². The number of benzene rings is 2. The second-order valence-corrected chi connectivity index (χ2v) is 8.31. The van der Waals surface area contributed by atoms with E-state index in [1.165, 1.54) is 13.2 Å². The lowest BCUT2D eigenvalue weighted by atomic mass is 10.1. The smallest absolute Gasteiger partial charge is 0.326 e. The summed E-state index contributed by atoms with van der Waals surface area (Å²) in [5, 5.41) is 0.414. The number of para-hydroxylation sites is 1. The summed E-state index contributed by atoms with van der Waals surface area (Å²) in [6, 6.07) is 10.2. The molecule has 0 radical (unpaired) electrons. The molecule has 2 amide bonds. The third-order valence-corrected chi connectivity index (χ3v) is 5.86. The molecule has 0 N–H and O–H groups in total. The fourth-order valence-corrected chi connectivity index (χ4v) is 4.16. The zero-order valence-corrected chi connectivity index (χ0v) is 19.6. The average Bonchev–Trinajstić information content (AvgIpc) is 3.01. The number of nitrogens with zero attached hydrogens (tertiary/aromatic N) is 1. The van der Waals surface area contributed by atoms with Gasteiger partial charge in [0.25, 0.3) is 11.1 Å². The third kappa shape index (κ3) is 5.56. The van der Waals surface area contributed by atoms with Crippen LogP contribution in [0.25, 0.3) is 6.08 Å². The molecule has 0 spiro atoms. The summed E-state index contributed by atoms with van der Waals surface area (Å²) in [7, 11) is 1.49. The molecule has 0 atom stereocenters. The number of imide groups is 1. The Morgan fingerprint density at radius 3 is 2.66 bits per heavy atom. The first-order chi connectivity index (χ1) is 15.3. The Morgan fingerprint density at radius 1 is 1.19 bits per heavy atom. The van der Waals surface area contributed by atoms with Crippen molar-refractivity contribution in [1.82, 2.24) is 4.90 Å². The zero-order valence-electron chi connectivity index (χ0n) is 17.2. The van der Waals surface area contributed by atoms with Crippen LogP contribution >= 0.6 is 35.0 Å². The summed E-state index contributed by atoms with van der Waals surface area (Å²) in [6.07, 6.45) is 1.53. The van der Waals surface area contributed by atoms with Crippen LogP contribution in [0.1, 0.15) is 18.1 Å². The van der Waals surface area contributed by atoms with Crippen LogP contribution in [0.15, 0.2) is 41.3 Å². The molecule has 168 valence electrons. The Labute approximate surface area is 199 Å². The molecular weight excluding hydrogens is 477 g/mol. The highest BCUT2D eigenvalue weighted by Gasteiger charge is 2.36. The van der Waals surface area contributed by atoms with Crippen LogP contribution in [0.3, 0.4) is 0 Å². The number of thioether (sulfide) groups is 1. The molecule has 1 heterocycles. The van der Waals surface area contributed by atoms with Gasteiger partial charge in [-0.25, -0.2) is 0 Å².